The molecule has 0 bridgehead atoms. The Bertz CT molecular complexity index is 1220. The molecule has 2 aromatic carbocycles. The molecule has 1 N–H and O–H groups in total. The standard InChI is InChI=1S/C25H24ClN3O2S/c1-16-10-17(2)24(18(3)11-16)31-14-20-12-22(32-15-20)25(30)27-23-8-9-29(28-23)13-19-4-6-21(26)7-5-19/h4-12,15H,13-14H2,1-3H3,(H,27,28,30). The second-order valence-corrected chi connectivity index (χ2v) is 9.16. The number of nitrogens with one attached hydrogen (secondary N) is 1. The van der Waals surface area contributed by atoms with E-state index >= 15 is 0 Å². The average molecular weight is 466 g/mol. The van der Waals surface area contributed by atoms with Crippen molar-refractivity contribution >= 4 is 34.7 Å². The molecule has 4 aromatic rings. The van der Waals surface area contributed by atoms with Gasteiger partial charge < -0.3 is 10.1 Å². The number of hydrogen-bond donors (Lipinski definition) is 1. The number of nitrogens with zero attached hydrogens (tertiary/aromatic N) is 2. The lowest BCUT2D eigenvalue weighted by Gasteiger charge is -2.12. The number of aromatic nitrogens is 2. The molecule has 0 unspecified atom stereocenters. The van der Waals surface area contributed by atoms with Crippen LogP contribution in [0.3, 0.4) is 0 Å². The van der Waals surface area contributed by atoms with Gasteiger partial charge in [-0.3, -0.25) is 9.48 Å². The predicted octanol–water partition coefficient (Wildman–Crippen LogP) is 6.40. The van der Waals surface area contributed by atoms with Gasteiger partial charge >= 0.3 is 0 Å². The zero-order valence-electron chi connectivity index (χ0n) is 18.2. The quantitative estimate of drug-likeness (QED) is 0.343. The molecule has 32 heavy (non-hydrogen) atoms. The Labute approximate surface area is 196 Å². The van der Waals surface area contributed by atoms with Crippen molar-refractivity contribution in [1.29, 1.82) is 0 Å². The van der Waals surface area contributed by atoms with E-state index in [0.717, 1.165) is 28.0 Å². The molecule has 2 aromatic heterocycles. The Morgan fingerprint density at radius 2 is 1.78 bits per heavy atom. The van der Waals surface area contributed by atoms with Crippen LogP contribution in [0.25, 0.3) is 0 Å². The van der Waals surface area contributed by atoms with Crippen LogP contribution in [0, 0.1) is 20.8 Å². The molecule has 1 amide bonds. The number of amides is 1. The fraction of sp³-hybridized carbons (Fsp3) is 0.200. The molecule has 0 atom stereocenters. The molecule has 7 heteroatoms. The molecular weight excluding hydrogens is 442 g/mol. The summed E-state index contributed by atoms with van der Waals surface area (Å²) in [5.41, 5.74) is 5.50. The highest BCUT2D eigenvalue weighted by atomic mass is 35.5. The second-order valence-electron chi connectivity index (χ2n) is 7.81. The zero-order chi connectivity index (χ0) is 22.7. The third kappa shape index (κ3) is 5.39. The average Bonchev–Trinajstić information content (AvgIpc) is 3.38. The van der Waals surface area contributed by atoms with Crippen molar-refractivity contribution in [3.8, 4) is 5.75 Å². The number of hydrogen-bond acceptors (Lipinski definition) is 4. The Hall–Kier alpha value is -3.09. The van der Waals surface area contributed by atoms with E-state index in [0.29, 0.717) is 28.9 Å². The maximum absolute atomic E-state index is 12.6. The van der Waals surface area contributed by atoms with Gasteiger partial charge in [-0.15, -0.1) is 11.3 Å². The molecular formula is C25H24ClN3O2S. The van der Waals surface area contributed by atoms with Crippen molar-refractivity contribution in [3.63, 3.8) is 0 Å². The summed E-state index contributed by atoms with van der Waals surface area (Å²) >= 11 is 7.32. The van der Waals surface area contributed by atoms with Gasteiger partial charge in [0.15, 0.2) is 5.82 Å². The van der Waals surface area contributed by atoms with Crippen LogP contribution in [0.5, 0.6) is 5.75 Å². The van der Waals surface area contributed by atoms with Crippen LogP contribution >= 0.6 is 22.9 Å². The van der Waals surface area contributed by atoms with Crippen LogP contribution < -0.4 is 10.1 Å². The fourth-order valence-electron chi connectivity index (χ4n) is 3.59. The third-order valence-corrected chi connectivity index (χ3v) is 6.24. The molecule has 4 rings (SSSR count). The molecule has 164 valence electrons. The van der Waals surface area contributed by atoms with E-state index in [-0.39, 0.29) is 5.91 Å². The molecule has 0 spiro atoms. The zero-order valence-corrected chi connectivity index (χ0v) is 19.8. The smallest absolute Gasteiger partial charge is 0.266 e. The second kappa shape index (κ2) is 9.59. The maximum Gasteiger partial charge on any atom is 0.266 e. The molecule has 0 aliphatic carbocycles. The van der Waals surface area contributed by atoms with Crippen LogP contribution in [0.1, 0.15) is 37.5 Å². The van der Waals surface area contributed by atoms with E-state index in [1.165, 1.54) is 16.9 Å². The van der Waals surface area contributed by atoms with Crippen LogP contribution in [-0.4, -0.2) is 15.7 Å². The molecule has 0 saturated carbocycles. The molecule has 0 aliphatic heterocycles. The number of benzene rings is 2. The van der Waals surface area contributed by atoms with Gasteiger partial charge in [0, 0.05) is 22.8 Å². The minimum absolute atomic E-state index is 0.180. The van der Waals surface area contributed by atoms with Crippen molar-refractivity contribution in [2.75, 3.05) is 5.32 Å². The largest absolute Gasteiger partial charge is 0.488 e. The lowest BCUT2D eigenvalue weighted by molar-refractivity contribution is 0.103. The van der Waals surface area contributed by atoms with E-state index in [4.69, 9.17) is 16.3 Å². The Balaban J connectivity index is 1.35. The van der Waals surface area contributed by atoms with E-state index in [2.05, 4.69) is 29.5 Å². The number of thiophene rings is 1. The van der Waals surface area contributed by atoms with Crippen LogP contribution in [0.2, 0.25) is 5.02 Å². The predicted molar refractivity (Wildman–Crippen MR) is 130 cm³/mol. The van der Waals surface area contributed by atoms with Gasteiger partial charge in [-0.25, -0.2) is 0 Å². The normalized spacial score (nSPS) is 10.9. The molecule has 2 heterocycles. The van der Waals surface area contributed by atoms with Crippen LogP contribution in [0.15, 0.2) is 60.1 Å². The lowest BCUT2D eigenvalue weighted by Crippen LogP contribution is -2.11. The first-order chi connectivity index (χ1) is 15.4. The van der Waals surface area contributed by atoms with Crippen molar-refractivity contribution in [1.82, 2.24) is 9.78 Å². The Morgan fingerprint density at radius 3 is 2.50 bits per heavy atom. The van der Waals surface area contributed by atoms with E-state index in [9.17, 15) is 4.79 Å². The van der Waals surface area contributed by atoms with Gasteiger partial charge in [0.1, 0.15) is 12.4 Å². The topological polar surface area (TPSA) is 56.1 Å². The maximum atomic E-state index is 12.6. The number of aryl methyl sites for hydroxylation is 3. The molecule has 0 aliphatic rings. The summed E-state index contributed by atoms with van der Waals surface area (Å²) in [4.78, 5) is 13.3. The number of halogens is 1. The van der Waals surface area contributed by atoms with Crippen molar-refractivity contribution in [2.45, 2.75) is 33.9 Å². The van der Waals surface area contributed by atoms with Gasteiger partial charge in [-0.1, -0.05) is 41.4 Å². The van der Waals surface area contributed by atoms with Crippen molar-refractivity contribution in [2.24, 2.45) is 0 Å². The molecule has 0 saturated heterocycles. The molecule has 5 nitrogen and oxygen atoms in total. The summed E-state index contributed by atoms with van der Waals surface area (Å²) < 4.78 is 7.81. The monoisotopic (exact) mass is 465 g/mol. The van der Waals surface area contributed by atoms with Crippen molar-refractivity contribution in [3.05, 3.63) is 97.8 Å². The van der Waals surface area contributed by atoms with E-state index in [1.807, 2.05) is 55.8 Å². The summed E-state index contributed by atoms with van der Waals surface area (Å²) in [7, 11) is 0. The lowest BCUT2D eigenvalue weighted by atomic mass is 10.1. The van der Waals surface area contributed by atoms with Gasteiger partial charge in [-0.2, -0.15) is 5.10 Å². The first kappa shape index (κ1) is 22.1. The first-order valence-corrected chi connectivity index (χ1v) is 11.5. The first-order valence-electron chi connectivity index (χ1n) is 10.2. The number of rotatable bonds is 7. The van der Waals surface area contributed by atoms with Crippen LogP contribution in [-0.2, 0) is 13.2 Å². The van der Waals surface area contributed by atoms with Gasteiger partial charge in [0.05, 0.1) is 11.4 Å². The number of ether oxygens (including phenoxy) is 1. The van der Waals surface area contributed by atoms with E-state index in [1.54, 1.807) is 10.7 Å². The number of carbonyl (C=O) groups is 1. The van der Waals surface area contributed by atoms with Crippen molar-refractivity contribution < 1.29 is 9.53 Å². The summed E-state index contributed by atoms with van der Waals surface area (Å²) in [5, 5.41) is 9.95. The fourth-order valence-corrected chi connectivity index (χ4v) is 4.51. The third-order valence-electron chi connectivity index (χ3n) is 5.01. The van der Waals surface area contributed by atoms with Gasteiger partial charge in [0.2, 0.25) is 0 Å². The summed E-state index contributed by atoms with van der Waals surface area (Å²) in [6, 6.07) is 15.5. The highest BCUT2D eigenvalue weighted by Crippen LogP contribution is 2.26. The minimum Gasteiger partial charge on any atom is -0.488 e. The SMILES string of the molecule is Cc1cc(C)c(OCc2csc(C(=O)Nc3ccn(Cc4ccc(Cl)cc4)n3)c2)c(C)c1. The highest BCUT2D eigenvalue weighted by molar-refractivity contribution is 7.12. The number of anilines is 1. The van der Waals surface area contributed by atoms with Gasteiger partial charge in [-0.05, 0) is 61.0 Å². The van der Waals surface area contributed by atoms with E-state index < -0.39 is 0 Å². The van der Waals surface area contributed by atoms with Crippen LogP contribution in [0.4, 0.5) is 5.82 Å². The number of carbonyl (C=O) groups excluding carboxylic acids is 1. The Kier molecular flexibility index (Phi) is 6.63. The Morgan fingerprint density at radius 1 is 1.06 bits per heavy atom. The highest BCUT2D eigenvalue weighted by Gasteiger charge is 2.12. The summed E-state index contributed by atoms with van der Waals surface area (Å²) in [6.07, 6.45) is 1.84. The van der Waals surface area contributed by atoms with Gasteiger partial charge in [0.25, 0.3) is 5.91 Å². The molecule has 0 fully saturated rings. The minimum atomic E-state index is -0.180. The molecule has 0 radical (unpaired) electrons. The summed E-state index contributed by atoms with van der Waals surface area (Å²) in [5.74, 6) is 1.24. The summed E-state index contributed by atoms with van der Waals surface area (Å²) in [6.45, 7) is 7.20.